The Balaban J connectivity index is 0.000001000. The van der Waals surface area contributed by atoms with Crippen LogP contribution in [0.1, 0.15) is 5.69 Å². The molecule has 1 aromatic rings. The van der Waals surface area contributed by atoms with Crippen molar-refractivity contribution >= 4 is 28.3 Å². The molecule has 0 unspecified atom stereocenters. The number of aromatic nitrogens is 2. The van der Waals surface area contributed by atoms with Crippen molar-refractivity contribution in [2.45, 2.75) is 6.54 Å². The van der Waals surface area contributed by atoms with Crippen LogP contribution in [0.3, 0.4) is 0 Å². The topological polar surface area (TPSA) is 29.9 Å². The van der Waals surface area contributed by atoms with Gasteiger partial charge in [-0.25, -0.2) is 0 Å². The second-order valence-electron chi connectivity index (χ2n) is 2.11. The molecular formula is C6H11BrClN3. The van der Waals surface area contributed by atoms with Gasteiger partial charge in [0.05, 0.1) is 5.69 Å². The van der Waals surface area contributed by atoms with Gasteiger partial charge in [0.1, 0.15) is 4.60 Å². The first-order valence-corrected chi connectivity index (χ1v) is 3.86. The third-order valence-corrected chi connectivity index (χ3v) is 1.69. The maximum atomic E-state index is 4.12. The number of nitrogens with zero attached hydrogens (tertiary/aromatic N) is 2. The third-order valence-electron chi connectivity index (χ3n) is 1.30. The van der Waals surface area contributed by atoms with Gasteiger partial charge in [-0.1, -0.05) is 0 Å². The van der Waals surface area contributed by atoms with Crippen molar-refractivity contribution in [3.63, 3.8) is 0 Å². The zero-order valence-corrected chi connectivity index (χ0v) is 8.87. The van der Waals surface area contributed by atoms with Crippen LogP contribution in [0.2, 0.25) is 0 Å². The summed E-state index contributed by atoms with van der Waals surface area (Å²) in [5.74, 6) is 0. The molecule has 11 heavy (non-hydrogen) atoms. The Labute approximate surface area is 80.7 Å². The van der Waals surface area contributed by atoms with Gasteiger partial charge in [0.25, 0.3) is 0 Å². The maximum absolute atomic E-state index is 4.12. The molecule has 1 rings (SSSR count). The normalized spacial score (nSPS) is 9.36. The minimum atomic E-state index is 0. The molecule has 0 saturated carbocycles. The summed E-state index contributed by atoms with van der Waals surface area (Å²) in [5, 5.41) is 7.18. The Morgan fingerprint density at radius 2 is 2.36 bits per heavy atom. The van der Waals surface area contributed by atoms with Gasteiger partial charge in [-0.2, -0.15) is 5.10 Å². The molecule has 0 amide bonds. The lowest BCUT2D eigenvalue weighted by molar-refractivity contribution is 0.670. The second-order valence-corrected chi connectivity index (χ2v) is 2.92. The van der Waals surface area contributed by atoms with E-state index in [0.717, 1.165) is 11.1 Å². The number of rotatable bonds is 2. The van der Waals surface area contributed by atoms with Crippen molar-refractivity contribution in [2.75, 3.05) is 7.05 Å². The van der Waals surface area contributed by atoms with Crippen molar-refractivity contribution in [1.29, 1.82) is 0 Å². The zero-order chi connectivity index (χ0) is 7.56. The average Bonchev–Trinajstić information content (AvgIpc) is 2.13. The van der Waals surface area contributed by atoms with E-state index >= 15 is 0 Å². The van der Waals surface area contributed by atoms with Crippen LogP contribution in [0.5, 0.6) is 0 Å². The molecule has 3 nitrogen and oxygen atoms in total. The molecule has 64 valence electrons. The third kappa shape index (κ3) is 2.81. The monoisotopic (exact) mass is 239 g/mol. The summed E-state index contributed by atoms with van der Waals surface area (Å²) in [7, 11) is 3.85. The zero-order valence-electron chi connectivity index (χ0n) is 6.47. The summed E-state index contributed by atoms with van der Waals surface area (Å²) in [6.45, 7) is 0.856. The van der Waals surface area contributed by atoms with Crippen LogP contribution in [0.25, 0.3) is 0 Å². The summed E-state index contributed by atoms with van der Waals surface area (Å²) in [6, 6.07) is 2.00. The average molecular weight is 241 g/mol. The fourth-order valence-electron chi connectivity index (χ4n) is 0.814. The number of hydrogen-bond acceptors (Lipinski definition) is 2. The van der Waals surface area contributed by atoms with Crippen LogP contribution in [-0.2, 0) is 13.6 Å². The van der Waals surface area contributed by atoms with E-state index in [2.05, 4.69) is 26.3 Å². The molecule has 1 heterocycles. The van der Waals surface area contributed by atoms with Gasteiger partial charge >= 0.3 is 0 Å². The Morgan fingerprint density at radius 3 is 2.73 bits per heavy atom. The Bertz CT molecular complexity index is 224. The van der Waals surface area contributed by atoms with Crippen LogP contribution >= 0.6 is 28.3 Å². The van der Waals surface area contributed by atoms with E-state index in [0.29, 0.717) is 0 Å². The van der Waals surface area contributed by atoms with Gasteiger partial charge in [-0.05, 0) is 29.0 Å². The van der Waals surface area contributed by atoms with E-state index in [4.69, 9.17) is 0 Å². The first-order valence-electron chi connectivity index (χ1n) is 3.07. The van der Waals surface area contributed by atoms with E-state index in [1.165, 1.54) is 5.69 Å². The number of hydrogen-bond donors (Lipinski definition) is 1. The highest BCUT2D eigenvalue weighted by molar-refractivity contribution is 9.10. The van der Waals surface area contributed by atoms with Crippen LogP contribution in [0.15, 0.2) is 10.7 Å². The first kappa shape index (κ1) is 10.9. The lowest BCUT2D eigenvalue weighted by Crippen LogP contribution is -2.09. The van der Waals surface area contributed by atoms with Crippen molar-refractivity contribution in [3.8, 4) is 0 Å². The van der Waals surface area contributed by atoms with Crippen molar-refractivity contribution in [2.24, 2.45) is 7.05 Å². The molecule has 0 bridgehead atoms. The summed E-state index contributed by atoms with van der Waals surface area (Å²) in [6.07, 6.45) is 0. The standard InChI is InChI=1S/C6H10BrN3.ClH/c1-8-4-5-3-6(7)9-10(5)2;/h3,8H,4H2,1-2H3;1H. The molecule has 0 radical (unpaired) electrons. The highest BCUT2D eigenvalue weighted by Crippen LogP contribution is 2.08. The van der Waals surface area contributed by atoms with Gasteiger partial charge in [0.2, 0.25) is 0 Å². The van der Waals surface area contributed by atoms with Gasteiger partial charge < -0.3 is 5.32 Å². The summed E-state index contributed by atoms with van der Waals surface area (Å²) in [5.41, 5.74) is 1.18. The number of nitrogens with one attached hydrogen (secondary N) is 1. The molecule has 1 aromatic heterocycles. The van der Waals surface area contributed by atoms with Crippen LogP contribution in [-0.4, -0.2) is 16.8 Å². The van der Waals surface area contributed by atoms with Gasteiger partial charge in [-0.15, -0.1) is 12.4 Å². The molecule has 0 aromatic carbocycles. The summed E-state index contributed by atoms with van der Waals surface area (Å²) in [4.78, 5) is 0. The minimum Gasteiger partial charge on any atom is -0.314 e. The Hall–Kier alpha value is -0.0600. The molecule has 0 atom stereocenters. The predicted molar refractivity (Wildman–Crippen MR) is 50.9 cm³/mol. The lowest BCUT2D eigenvalue weighted by Gasteiger charge is -1.97. The number of halogens is 2. The van der Waals surface area contributed by atoms with Crippen molar-refractivity contribution in [1.82, 2.24) is 15.1 Å². The van der Waals surface area contributed by atoms with E-state index in [-0.39, 0.29) is 12.4 Å². The highest BCUT2D eigenvalue weighted by atomic mass is 79.9. The molecule has 0 aliphatic carbocycles. The summed E-state index contributed by atoms with van der Waals surface area (Å²) >= 11 is 3.29. The molecule has 1 N–H and O–H groups in total. The van der Waals surface area contributed by atoms with Crippen LogP contribution in [0, 0.1) is 0 Å². The quantitative estimate of drug-likeness (QED) is 0.845. The summed E-state index contributed by atoms with van der Waals surface area (Å²) < 4.78 is 2.74. The SMILES string of the molecule is CNCc1cc(Br)nn1C.Cl. The van der Waals surface area contributed by atoms with E-state index in [1.54, 1.807) is 0 Å². The van der Waals surface area contributed by atoms with Crippen LogP contribution in [0.4, 0.5) is 0 Å². The fraction of sp³-hybridized carbons (Fsp3) is 0.500. The van der Waals surface area contributed by atoms with E-state index in [9.17, 15) is 0 Å². The molecule has 0 saturated heterocycles. The highest BCUT2D eigenvalue weighted by Gasteiger charge is 1.99. The second kappa shape index (κ2) is 4.74. The molecule has 5 heteroatoms. The predicted octanol–water partition coefficient (Wildman–Crippen LogP) is 1.32. The fourth-order valence-corrected chi connectivity index (χ4v) is 1.32. The maximum Gasteiger partial charge on any atom is 0.128 e. The lowest BCUT2D eigenvalue weighted by atomic mass is 10.4. The van der Waals surface area contributed by atoms with Gasteiger partial charge in [-0.3, -0.25) is 4.68 Å². The first-order chi connectivity index (χ1) is 4.74. The minimum absolute atomic E-state index is 0. The largest absolute Gasteiger partial charge is 0.314 e. The van der Waals surface area contributed by atoms with E-state index < -0.39 is 0 Å². The van der Waals surface area contributed by atoms with E-state index in [1.807, 2.05) is 24.8 Å². The Morgan fingerprint density at radius 1 is 1.73 bits per heavy atom. The Kier molecular flexibility index (Phi) is 4.72. The smallest absolute Gasteiger partial charge is 0.128 e. The van der Waals surface area contributed by atoms with Crippen molar-refractivity contribution < 1.29 is 0 Å². The molecular weight excluding hydrogens is 229 g/mol. The van der Waals surface area contributed by atoms with Crippen LogP contribution < -0.4 is 5.32 Å². The molecule has 0 fully saturated rings. The van der Waals surface area contributed by atoms with Crippen molar-refractivity contribution in [3.05, 3.63) is 16.4 Å². The van der Waals surface area contributed by atoms with Gasteiger partial charge in [0.15, 0.2) is 0 Å². The molecule has 0 aliphatic heterocycles. The molecule has 0 spiro atoms. The van der Waals surface area contributed by atoms with Gasteiger partial charge in [0, 0.05) is 13.6 Å². The number of aryl methyl sites for hydroxylation is 1. The molecule has 0 aliphatic rings.